The molecule has 0 aliphatic carbocycles. The summed E-state index contributed by atoms with van der Waals surface area (Å²) in [5.74, 6) is 1.76. The molecule has 0 radical (unpaired) electrons. The van der Waals surface area contributed by atoms with Crippen LogP contribution in [-0.2, 0) is 0 Å². The number of hydrogen-bond donors (Lipinski definition) is 1. The minimum atomic E-state index is -0.0417. The number of halogens is 1. The SMILES string of the molecule is COc1cc(-n2cnnn2)c(Cl)cc1C(=O)N1CC[C@@H]2CNC[C@@H]2CC1. The highest BCUT2D eigenvalue weighted by Crippen LogP contribution is 2.32. The number of nitrogens with zero attached hydrogens (tertiary/aromatic N) is 5. The molecule has 0 bridgehead atoms. The van der Waals surface area contributed by atoms with E-state index in [9.17, 15) is 4.79 Å². The standard InChI is InChI=1S/C17H21ClN6O2/c1-26-16-7-15(24-10-20-21-22-24)14(18)6-13(16)17(25)23-4-2-11-8-19-9-12(11)3-5-23/h6-7,10-12,19H,2-5,8-9H2,1H3/t11-,12+. The van der Waals surface area contributed by atoms with E-state index >= 15 is 0 Å². The molecule has 9 heteroatoms. The summed E-state index contributed by atoms with van der Waals surface area (Å²) in [6.07, 6.45) is 3.51. The van der Waals surface area contributed by atoms with E-state index in [0.29, 0.717) is 33.9 Å². The van der Waals surface area contributed by atoms with Crippen molar-refractivity contribution in [2.24, 2.45) is 11.8 Å². The molecule has 1 aromatic heterocycles. The van der Waals surface area contributed by atoms with Gasteiger partial charge in [0.2, 0.25) is 0 Å². The van der Waals surface area contributed by atoms with E-state index in [2.05, 4.69) is 20.8 Å². The Balaban J connectivity index is 1.60. The van der Waals surface area contributed by atoms with E-state index in [1.165, 1.54) is 11.0 Å². The van der Waals surface area contributed by atoms with Crippen LogP contribution in [-0.4, -0.2) is 64.3 Å². The Hall–Kier alpha value is -2.19. The molecular weight excluding hydrogens is 356 g/mol. The number of carbonyl (C=O) groups is 1. The van der Waals surface area contributed by atoms with Crippen molar-refractivity contribution in [2.45, 2.75) is 12.8 Å². The highest BCUT2D eigenvalue weighted by atomic mass is 35.5. The lowest BCUT2D eigenvalue weighted by Crippen LogP contribution is -2.33. The maximum atomic E-state index is 13.1. The number of aromatic nitrogens is 4. The van der Waals surface area contributed by atoms with Crippen molar-refractivity contribution >= 4 is 17.5 Å². The predicted molar refractivity (Wildman–Crippen MR) is 95.7 cm³/mol. The molecule has 0 unspecified atom stereocenters. The van der Waals surface area contributed by atoms with Gasteiger partial charge in [-0.2, -0.15) is 4.68 Å². The number of hydrogen-bond acceptors (Lipinski definition) is 6. The van der Waals surface area contributed by atoms with Gasteiger partial charge in [-0.1, -0.05) is 11.6 Å². The summed E-state index contributed by atoms with van der Waals surface area (Å²) in [5, 5.41) is 14.9. The average Bonchev–Trinajstić information content (AvgIpc) is 3.30. The van der Waals surface area contributed by atoms with E-state index in [1.54, 1.807) is 19.2 Å². The van der Waals surface area contributed by atoms with Gasteiger partial charge in [0.05, 0.1) is 23.4 Å². The first-order valence-corrected chi connectivity index (χ1v) is 9.16. The largest absolute Gasteiger partial charge is 0.496 e. The molecule has 2 aliphatic rings. The maximum absolute atomic E-state index is 13.1. The third kappa shape index (κ3) is 3.14. The van der Waals surface area contributed by atoms with Crippen molar-refractivity contribution in [3.63, 3.8) is 0 Å². The summed E-state index contributed by atoms with van der Waals surface area (Å²) in [6, 6.07) is 3.34. The molecule has 138 valence electrons. The van der Waals surface area contributed by atoms with Gasteiger partial charge in [-0.3, -0.25) is 4.79 Å². The number of rotatable bonds is 3. The van der Waals surface area contributed by atoms with Crippen LogP contribution < -0.4 is 10.1 Å². The fourth-order valence-corrected chi connectivity index (χ4v) is 4.17. The molecule has 26 heavy (non-hydrogen) atoms. The molecule has 1 aromatic carbocycles. The van der Waals surface area contributed by atoms with Crippen LogP contribution in [0.1, 0.15) is 23.2 Å². The molecule has 2 saturated heterocycles. The normalized spacial score (nSPS) is 22.8. The predicted octanol–water partition coefficient (Wildman–Crippen LogP) is 1.40. The van der Waals surface area contributed by atoms with E-state index in [0.717, 1.165) is 39.0 Å². The molecule has 1 amide bonds. The lowest BCUT2D eigenvalue weighted by Gasteiger charge is -2.22. The van der Waals surface area contributed by atoms with Gasteiger partial charge in [-0.05, 0) is 54.3 Å². The Morgan fingerprint density at radius 3 is 2.62 bits per heavy atom. The van der Waals surface area contributed by atoms with Gasteiger partial charge >= 0.3 is 0 Å². The second-order valence-corrected chi connectivity index (χ2v) is 7.21. The van der Waals surface area contributed by atoms with Crippen molar-refractivity contribution < 1.29 is 9.53 Å². The number of benzene rings is 1. The Morgan fingerprint density at radius 2 is 2.00 bits per heavy atom. The van der Waals surface area contributed by atoms with E-state index in [4.69, 9.17) is 16.3 Å². The third-order valence-electron chi connectivity index (χ3n) is 5.40. The second-order valence-electron chi connectivity index (χ2n) is 6.81. The Kier molecular flexibility index (Phi) is 4.78. The smallest absolute Gasteiger partial charge is 0.257 e. The number of nitrogens with one attached hydrogen (secondary N) is 1. The molecule has 2 atom stereocenters. The van der Waals surface area contributed by atoms with Crippen molar-refractivity contribution in [1.82, 2.24) is 30.4 Å². The highest BCUT2D eigenvalue weighted by molar-refractivity contribution is 6.33. The lowest BCUT2D eigenvalue weighted by molar-refractivity contribution is 0.0755. The van der Waals surface area contributed by atoms with Gasteiger partial charge in [-0.25, -0.2) is 0 Å². The summed E-state index contributed by atoms with van der Waals surface area (Å²) in [7, 11) is 1.54. The number of ether oxygens (including phenoxy) is 1. The molecule has 2 aromatic rings. The number of carbonyl (C=O) groups excluding carboxylic acids is 1. The Morgan fingerprint density at radius 1 is 1.27 bits per heavy atom. The van der Waals surface area contributed by atoms with Crippen LogP contribution >= 0.6 is 11.6 Å². The van der Waals surface area contributed by atoms with Gasteiger partial charge in [0, 0.05) is 19.2 Å². The topological polar surface area (TPSA) is 85.2 Å². The van der Waals surface area contributed by atoms with Gasteiger partial charge in [0.25, 0.3) is 5.91 Å². The van der Waals surface area contributed by atoms with E-state index < -0.39 is 0 Å². The molecule has 2 fully saturated rings. The van der Waals surface area contributed by atoms with Crippen LogP contribution in [0, 0.1) is 11.8 Å². The van der Waals surface area contributed by atoms with Crippen LogP contribution in [0.15, 0.2) is 18.5 Å². The van der Waals surface area contributed by atoms with Crippen LogP contribution in [0.4, 0.5) is 0 Å². The number of likely N-dealkylation sites (tertiary alicyclic amines) is 1. The molecule has 2 aliphatic heterocycles. The minimum Gasteiger partial charge on any atom is -0.496 e. The van der Waals surface area contributed by atoms with Crippen LogP contribution in [0.5, 0.6) is 5.75 Å². The summed E-state index contributed by atoms with van der Waals surface area (Å²) in [6.45, 7) is 3.64. The summed E-state index contributed by atoms with van der Waals surface area (Å²) in [5.41, 5.74) is 1.04. The van der Waals surface area contributed by atoms with Crippen molar-refractivity contribution in [3.05, 3.63) is 29.0 Å². The van der Waals surface area contributed by atoms with E-state index in [-0.39, 0.29) is 5.91 Å². The Bertz CT molecular complexity index is 783. The number of fused-ring (bicyclic) bond motifs is 1. The monoisotopic (exact) mass is 376 g/mol. The molecule has 8 nitrogen and oxygen atoms in total. The first-order valence-electron chi connectivity index (χ1n) is 8.78. The highest BCUT2D eigenvalue weighted by Gasteiger charge is 2.32. The average molecular weight is 377 g/mol. The Labute approximate surface area is 156 Å². The fourth-order valence-electron chi connectivity index (χ4n) is 3.92. The quantitative estimate of drug-likeness (QED) is 0.871. The van der Waals surface area contributed by atoms with Gasteiger partial charge < -0.3 is 15.0 Å². The van der Waals surface area contributed by atoms with E-state index in [1.807, 2.05) is 4.90 Å². The number of tetrazole rings is 1. The van der Waals surface area contributed by atoms with Crippen molar-refractivity contribution in [3.8, 4) is 11.4 Å². The van der Waals surface area contributed by atoms with Gasteiger partial charge in [-0.15, -0.1) is 5.10 Å². The minimum absolute atomic E-state index is 0.0417. The first-order chi connectivity index (χ1) is 12.7. The molecule has 0 spiro atoms. The summed E-state index contributed by atoms with van der Waals surface area (Å²) in [4.78, 5) is 15.0. The van der Waals surface area contributed by atoms with Crippen LogP contribution in [0.3, 0.4) is 0 Å². The molecular formula is C17H21ClN6O2. The van der Waals surface area contributed by atoms with Crippen LogP contribution in [0.2, 0.25) is 5.02 Å². The lowest BCUT2D eigenvalue weighted by atomic mass is 9.92. The van der Waals surface area contributed by atoms with Crippen molar-refractivity contribution in [2.75, 3.05) is 33.3 Å². The molecule has 0 saturated carbocycles. The zero-order valence-electron chi connectivity index (χ0n) is 14.6. The van der Waals surface area contributed by atoms with Gasteiger partial charge in [0.1, 0.15) is 12.1 Å². The molecule has 4 rings (SSSR count). The van der Waals surface area contributed by atoms with Crippen molar-refractivity contribution in [1.29, 1.82) is 0 Å². The van der Waals surface area contributed by atoms with Crippen LogP contribution in [0.25, 0.3) is 5.69 Å². The number of amides is 1. The molecule has 1 N–H and O–H groups in total. The summed E-state index contributed by atoms with van der Waals surface area (Å²) < 4.78 is 6.90. The van der Waals surface area contributed by atoms with Gasteiger partial charge in [0.15, 0.2) is 0 Å². The summed E-state index contributed by atoms with van der Waals surface area (Å²) >= 11 is 6.39. The fraction of sp³-hybridized carbons (Fsp3) is 0.529. The number of methoxy groups -OCH3 is 1. The zero-order valence-corrected chi connectivity index (χ0v) is 15.3. The first kappa shape index (κ1) is 17.2. The zero-order chi connectivity index (χ0) is 18.1. The maximum Gasteiger partial charge on any atom is 0.257 e. The second kappa shape index (κ2) is 7.20. The third-order valence-corrected chi connectivity index (χ3v) is 5.70. The molecule has 3 heterocycles.